The number of unbranched alkanes of at least 4 members (excludes halogenated alkanes) is 1. The number of nitrogens with two attached hydrogens (primary N) is 1. The van der Waals surface area contributed by atoms with Gasteiger partial charge in [-0.25, -0.2) is 0 Å². The van der Waals surface area contributed by atoms with Crippen LogP contribution in [0.25, 0.3) is 0 Å². The average molecular weight is 274 g/mol. The standard InChI is InChI=1S/C14H21Cl2N/c1-3-5-6-10(4-2)14(17)12-8-7-11(15)9-13(12)16/h7-10,14H,3-6,17H2,1-2H3. The first-order valence-electron chi connectivity index (χ1n) is 6.30. The Morgan fingerprint density at radius 1 is 1.24 bits per heavy atom. The van der Waals surface area contributed by atoms with E-state index in [9.17, 15) is 0 Å². The molecule has 2 atom stereocenters. The number of hydrogen-bond donors (Lipinski definition) is 1. The lowest BCUT2D eigenvalue weighted by Crippen LogP contribution is -2.21. The minimum atomic E-state index is 0.0105. The highest BCUT2D eigenvalue weighted by molar-refractivity contribution is 6.35. The second-order valence-electron chi connectivity index (χ2n) is 4.50. The van der Waals surface area contributed by atoms with Crippen LogP contribution in [0, 0.1) is 5.92 Å². The highest BCUT2D eigenvalue weighted by Crippen LogP contribution is 2.32. The van der Waals surface area contributed by atoms with E-state index >= 15 is 0 Å². The van der Waals surface area contributed by atoms with E-state index in [0.717, 1.165) is 18.4 Å². The maximum atomic E-state index is 6.31. The summed E-state index contributed by atoms with van der Waals surface area (Å²) in [6.45, 7) is 4.39. The fourth-order valence-corrected chi connectivity index (χ4v) is 2.66. The summed E-state index contributed by atoms with van der Waals surface area (Å²) in [5.41, 5.74) is 7.33. The van der Waals surface area contributed by atoms with Crippen molar-refractivity contribution in [2.24, 2.45) is 11.7 Å². The largest absolute Gasteiger partial charge is 0.324 e. The van der Waals surface area contributed by atoms with E-state index in [0.29, 0.717) is 16.0 Å². The van der Waals surface area contributed by atoms with Crippen molar-refractivity contribution in [2.45, 2.75) is 45.6 Å². The second kappa shape index (κ2) is 7.25. The molecule has 0 aliphatic heterocycles. The molecule has 1 nitrogen and oxygen atoms in total. The van der Waals surface area contributed by atoms with Crippen LogP contribution in [-0.4, -0.2) is 0 Å². The Kier molecular flexibility index (Phi) is 6.32. The highest BCUT2D eigenvalue weighted by atomic mass is 35.5. The van der Waals surface area contributed by atoms with Crippen LogP contribution < -0.4 is 5.73 Å². The maximum absolute atomic E-state index is 6.31. The Balaban J connectivity index is 2.81. The van der Waals surface area contributed by atoms with Crippen molar-refractivity contribution in [3.8, 4) is 0 Å². The molecule has 0 amide bonds. The molecule has 0 fully saturated rings. The van der Waals surface area contributed by atoms with Gasteiger partial charge in [0.05, 0.1) is 0 Å². The van der Waals surface area contributed by atoms with Crippen LogP contribution in [0.5, 0.6) is 0 Å². The van der Waals surface area contributed by atoms with E-state index in [1.807, 2.05) is 12.1 Å². The predicted octanol–water partition coefficient (Wildman–Crippen LogP) is 5.21. The molecule has 17 heavy (non-hydrogen) atoms. The summed E-state index contributed by atoms with van der Waals surface area (Å²) in [5, 5.41) is 1.34. The molecule has 2 unspecified atom stereocenters. The quantitative estimate of drug-likeness (QED) is 0.757. The van der Waals surface area contributed by atoms with Gasteiger partial charge in [-0.2, -0.15) is 0 Å². The van der Waals surface area contributed by atoms with Crippen molar-refractivity contribution in [3.63, 3.8) is 0 Å². The molecule has 0 radical (unpaired) electrons. The molecule has 0 saturated heterocycles. The molecule has 0 bridgehead atoms. The van der Waals surface area contributed by atoms with Crippen LogP contribution in [-0.2, 0) is 0 Å². The summed E-state index contributed by atoms with van der Waals surface area (Å²) < 4.78 is 0. The van der Waals surface area contributed by atoms with E-state index in [-0.39, 0.29) is 6.04 Å². The third-order valence-corrected chi connectivity index (χ3v) is 3.84. The Bertz CT molecular complexity index is 352. The van der Waals surface area contributed by atoms with Gasteiger partial charge in [-0.15, -0.1) is 0 Å². The van der Waals surface area contributed by atoms with Crippen LogP contribution in [0.2, 0.25) is 10.0 Å². The van der Waals surface area contributed by atoms with Crippen molar-refractivity contribution < 1.29 is 0 Å². The summed E-state index contributed by atoms with van der Waals surface area (Å²) in [7, 11) is 0. The van der Waals surface area contributed by atoms with Gasteiger partial charge in [0.1, 0.15) is 0 Å². The third kappa shape index (κ3) is 4.17. The average Bonchev–Trinajstić information content (AvgIpc) is 2.29. The van der Waals surface area contributed by atoms with Gasteiger partial charge >= 0.3 is 0 Å². The first-order chi connectivity index (χ1) is 8.10. The van der Waals surface area contributed by atoms with Gasteiger partial charge in [0.25, 0.3) is 0 Å². The number of halogens is 2. The summed E-state index contributed by atoms with van der Waals surface area (Å²) in [6.07, 6.45) is 4.67. The van der Waals surface area contributed by atoms with Gasteiger partial charge in [0, 0.05) is 16.1 Å². The Hall–Kier alpha value is -0.240. The van der Waals surface area contributed by atoms with Crippen LogP contribution >= 0.6 is 23.2 Å². The van der Waals surface area contributed by atoms with E-state index in [1.165, 1.54) is 12.8 Å². The van der Waals surface area contributed by atoms with Gasteiger partial charge in [-0.1, -0.05) is 62.4 Å². The second-order valence-corrected chi connectivity index (χ2v) is 5.35. The lowest BCUT2D eigenvalue weighted by atomic mass is 9.87. The van der Waals surface area contributed by atoms with Crippen molar-refractivity contribution in [1.82, 2.24) is 0 Å². The Morgan fingerprint density at radius 3 is 2.47 bits per heavy atom. The predicted molar refractivity (Wildman–Crippen MR) is 76.7 cm³/mol. The molecule has 0 aliphatic rings. The Labute approximate surface area is 114 Å². The number of hydrogen-bond acceptors (Lipinski definition) is 1. The van der Waals surface area contributed by atoms with E-state index in [2.05, 4.69) is 13.8 Å². The van der Waals surface area contributed by atoms with Gasteiger partial charge in [-0.3, -0.25) is 0 Å². The smallest absolute Gasteiger partial charge is 0.0468 e. The van der Waals surface area contributed by atoms with E-state index < -0.39 is 0 Å². The SMILES string of the molecule is CCCCC(CC)C(N)c1ccc(Cl)cc1Cl. The van der Waals surface area contributed by atoms with Gasteiger partial charge in [-0.05, 0) is 30.0 Å². The van der Waals surface area contributed by atoms with Crippen LogP contribution in [0.15, 0.2) is 18.2 Å². The minimum absolute atomic E-state index is 0.0105. The molecule has 1 aromatic rings. The maximum Gasteiger partial charge on any atom is 0.0468 e. The summed E-state index contributed by atoms with van der Waals surface area (Å²) in [4.78, 5) is 0. The molecular weight excluding hydrogens is 253 g/mol. The zero-order valence-corrected chi connectivity index (χ0v) is 12.1. The van der Waals surface area contributed by atoms with Gasteiger partial charge in [0.15, 0.2) is 0 Å². The molecule has 0 spiro atoms. The van der Waals surface area contributed by atoms with Gasteiger partial charge < -0.3 is 5.73 Å². The van der Waals surface area contributed by atoms with Crippen molar-refractivity contribution in [1.29, 1.82) is 0 Å². The molecule has 0 aromatic heterocycles. The minimum Gasteiger partial charge on any atom is -0.324 e. The molecule has 0 saturated carbocycles. The van der Waals surface area contributed by atoms with E-state index in [4.69, 9.17) is 28.9 Å². The molecule has 0 aliphatic carbocycles. The fraction of sp³-hybridized carbons (Fsp3) is 0.571. The molecule has 1 rings (SSSR count). The summed E-state index contributed by atoms with van der Waals surface area (Å²) in [5.74, 6) is 0.494. The van der Waals surface area contributed by atoms with Gasteiger partial charge in [0.2, 0.25) is 0 Å². The normalized spacial score (nSPS) is 14.6. The molecule has 0 heterocycles. The monoisotopic (exact) mass is 273 g/mol. The third-order valence-electron chi connectivity index (χ3n) is 3.28. The van der Waals surface area contributed by atoms with Crippen molar-refractivity contribution >= 4 is 23.2 Å². The zero-order chi connectivity index (χ0) is 12.8. The molecule has 96 valence electrons. The Morgan fingerprint density at radius 2 is 1.94 bits per heavy atom. The van der Waals surface area contributed by atoms with Crippen LogP contribution in [0.4, 0.5) is 0 Å². The lowest BCUT2D eigenvalue weighted by molar-refractivity contribution is 0.378. The molecular formula is C14H21Cl2N. The van der Waals surface area contributed by atoms with Crippen molar-refractivity contribution in [2.75, 3.05) is 0 Å². The molecule has 3 heteroatoms. The molecule has 2 N–H and O–H groups in total. The first kappa shape index (κ1) is 14.8. The van der Waals surface area contributed by atoms with E-state index in [1.54, 1.807) is 6.07 Å². The first-order valence-corrected chi connectivity index (χ1v) is 7.06. The lowest BCUT2D eigenvalue weighted by Gasteiger charge is -2.23. The molecule has 1 aromatic carbocycles. The summed E-state index contributed by atoms with van der Waals surface area (Å²) in [6, 6.07) is 5.58. The zero-order valence-electron chi connectivity index (χ0n) is 10.5. The summed E-state index contributed by atoms with van der Waals surface area (Å²) >= 11 is 12.1. The topological polar surface area (TPSA) is 26.0 Å². The van der Waals surface area contributed by atoms with Crippen molar-refractivity contribution in [3.05, 3.63) is 33.8 Å². The number of benzene rings is 1. The van der Waals surface area contributed by atoms with Crippen LogP contribution in [0.3, 0.4) is 0 Å². The number of rotatable bonds is 6. The highest BCUT2D eigenvalue weighted by Gasteiger charge is 2.19. The fourth-order valence-electron chi connectivity index (χ4n) is 2.13. The van der Waals surface area contributed by atoms with Crippen LogP contribution in [0.1, 0.15) is 51.1 Å².